The highest BCUT2D eigenvalue weighted by Crippen LogP contribution is 2.65. The summed E-state index contributed by atoms with van der Waals surface area (Å²) in [5, 5.41) is 2.91. The van der Waals surface area contributed by atoms with Gasteiger partial charge in [0.25, 0.3) is 0 Å². The van der Waals surface area contributed by atoms with Gasteiger partial charge in [0.15, 0.2) is 0 Å². The third-order valence-electron chi connectivity index (χ3n) is 7.95. The SMILES string of the molecule is COc1ccccc1NC(=O)[C@H](Cc1ccccc1)N1C(=O)[C@@H]2[C@H]3C=C[C@@H]([C@@H]4C[C@@H]34)[C@H]2C1=O. The molecule has 0 unspecified atom stereocenters. The Morgan fingerprint density at radius 1 is 0.970 bits per heavy atom. The summed E-state index contributed by atoms with van der Waals surface area (Å²) in [6, 6.07) is 15.8. The van der Waals surface area contributed by atoms with Crippen molar-refractivity contribution in [1.82, 2.24) is 4.90 Å². The zero-order chi connectivity index (χ0) is 22.7. The van der Waals surface area contributed by atoms with E-state index >= 15 is 0 Å². The van der Waals surface area contributed by atoms with Crippen LogP contribution in [0, 0.1) is 35.5 Å². The van der Waals surface area contributed by atoms with Gasteiger partial charge in [0.2, 0.25) is 17.7 Å². The van der Waals surface area contributed by atoms with E-state index in [0.29, 0.717) is 23.3 Å². The third kappa shape index (κ3) is 3.11. The Morgan fingerprint density at radius 3 is 2.21 bits per heavy atom. The number of hydrogen-bond donors (Lipinski definition) is 1. The zero-order valence-corrected chi connectivity index (χ0v) is 18.4. The molecule has 1 heterocycles. The number of rotatable bonds is 6. The summed E-state index contributed by atoms with van der Waals surface area (Å²) >= 11 is 0. The topological polar surface area (TPSA) is 75.7 Å². The third-order valence-corrected chi connectivity index (χ3v) is 7.95. The molecule has 0 radical (unpaired) electrons. The molecule has 7 rings (SSSR count). The number of carbonyl (C=O) groups excluding carboxylic acids is 3. The molecule has 5 aliphatic rings. The first kappa shape index (κ1) is 20.2. The second-order valence-corrected chi connectivity index (χ2v) is 9.60. The maximum absolute atomic E-state index is 13.7. The van der Waals surface area contributed by atoms with E-state index in [1.165, 1.54) is 4.90 Å². The van der Waals surface area contributed by atoms with Crippen LogP contribution in [0.25, 0.3) is 0 Å². The number of hydrogen-bond acceptors (Lipinski definition) is 4. The van der Waals surface area contributed by atoms with Crippen molar-refractivity contribution < 1.29 is 19.1 Å². The number of anilines is 1. The van der Waals surface area contributed by atoms with Crippen LogP contribution in [0.2, 0.25) is 0 Å². The van der Waals surface area contributed by atoms with Crippen LogP contribution in [0.4, 0.5) is 5.69 Å². The molecule has 4 aliphatic carbocycles. The minimum absolute atomic E-state index is 0.126. The van der Waals surface area contributed by atoms with Crippen LogP contribution in [0.1, 0.15) is 12.0 Å². The number of methoxy groups -OCH3 is 1. The van der Waals surface area contributed by atoms with Gasteiger partial charge >= 0.3 is 0 Å². The second-order valence-electron chi connectivity index (χ2n) is 9.60. The van der Waals surface area contributed by atoms with E-state index in [0.717, 1.165) is 12.0 Å². The van der Waals surface area contributed by atoms with Crippen molar-refractivity contribution in [1.29, 1.82) is 0 Å². The fourth-order valence-corrected chi connectivity index (χ4v) is 6.39. The molecular weight excluding hydrogens is 416 g/mol. The zero-order valence-electron chi connectivity index (χ0n) is 18.4. The molecule has 33 heavy (non-hydrogen) atoms. The van der Waals surface area contributed by atoms with Gasteiger partial charge in [-0.05, 0) is 47.8 Å². The molecule has 7 atom stereocenters. The monoisotopic (exact) mass is 442 g/mol. The largest absolute Gasteiger partial charge is 0.495 e. The number of benzene rings is 2. The Bertz CT molecular complexity index is 1120. The highest BCUT2D eigenvalue weighted by molar-refractivity contribution is 6.11. The Hall–Kier alpha value is -3.41. The Kier molecular flexibility index (Phi) is 4.64. The van der Waals surface area contributed by atoms with E-state index in [2.05, 4.69) is 17.5 Å². The van der Waals surface area contributed by atoms with Crippen LogP contribution in [-0.4, -0.2) is 35.8 Å². The predicted octanol–water partition coefficient (Wildman–Crippen LogP) is 3.30. The number of imide groups is 1. The van der Waals surface area contributed by atoms with E-state index in [1.807, 2.05) is 36.4 Å². The van der Waals surface area contributed by atoms with Crippen molar-refractivity contribution in [3.05, 3.63) is 72.3 Å². The summed E-state index contributed by atoms with van der Waals surface area (Å²) in [6.45, 7) is 0. The Labute approximate surface area is 192 Å². The second kappa shape index (κ2) is 7.58. The summed E-state index contributed by atoms with van der Waals surface area (Å²) in [7, 11) is 1.54. The van der Waals surface area contributed by atoms with E-state index in [4.69, 9.17) is 4.74 Å². The molecule has 2 saturated carbocycles. The molecule has 3 fully saturated rings. The van der Waals surface area contributed by atoms with Crippen LogP contribution >= 0.6 is 0 Å². The number of nitrogens with one attached hydrogen (secondary N) is 1. The lowest BCUT2D eigenvalue weighted by atomic mass is 9.63. The van der Waals surface area contributed by atoms with Crippen LogP contribution in [0.15, 0.2) is 66.7 Å². The van der Waals surface area contributed by atoms with Gasteiger partial charge in [0.05, 0.1) is 24.6 Å². The molecule has 1 saturated heterocycles. The van der Waals surface area contributed by atoms with E-state index in [9.17, 15) is 14.4 Å². The number of allylic oxidation sites excluding steroid dienone is 2. The number of carbonyl (C=O) groups is 3. The van der Waals surface area contributed by atoms with Gasteiger partial charge in [-0.1, -0.05) is 54.6 Å². The number of amides is 3. The Balaban J connectivity index is 1.34. The maximum atomic E-state index is 13.7. The molecule has 0 aromatic heterocycles. The molecule has 1 N–H and O–H groups in total. The van der Waals surface area contributed by atoms with Crippen LogP contribution in [-0.2, 0) is 20.8 Å². The summed E-state index contributed by atoms with van der Waals surface area (Å²) in [5.74, 6) is 0.412. The predicted molar refractivity (Wildman–Crippen MR) is 122 cm³/mol. The van der Waals surface area contributed by atoms with Gasteiger partial charge in [0.1, 0.15) is 11.8 Å². The standard InChI is InChI=1S/C27H26N2O4/c1-33-22-10-6-5-9-20(22)28-25(30)21(13-15-7-3-2-4-8-15)29-26(31)23-16-11-12-17(19-14-18(16)19)24(23)27(29)32/h2-12,16-19,21,23-24H,13-14H2,1H3,(H,28,30)/t16-,17-,18-,19-,21-,23+,24+/m0/s1. The van der Waals surface area contributed by atoms with E-state index in [1.54, 1.807) is 25.3 Å². The average molecular weight is 443 g/mol. The van der Waals surface area contributed by atoms with Crippen molar-refractivity contribution in [2.45, 2.75) is 18.9 Å². The maximum Gasteiger partial charge on any atom is 0.248 e. The normalized spacial score (nSPS) is 31.7. The van der Waals surface area contributed by atoms with Gasteiger partial charge in [-0.25, -0.2) is 0 Å². The van der Waals surface area contributed by atoms with Crippen LogP contribution in [0.3, 0.4) is 0 Å². The number of nitrogens with zero attached hydrogens (tertiary/aromatic N) is 1. The molecule has 3 amide bonds. The van der Waals surface area contributed by atoms with Gasteiger partial charge in [-0.3, -0.25) is 19.3 Å². The number of likely N-dealkylation sites (tertiary alicyclic amines) is 1. The molecular formula is C27H26N2O4. The first-order chi connectivity index (χ1) is 16.1. The molecule has 2 aromatic carbocycles. The first-order valence-corrected chi connectivity index (χ1v) is 11.6. The fraction of sp³-hybridized carbons (Fsp3) is 0.370. The Morgan fingerprint density at radius 2 is 1.58 bits per heavy atom. The van der Waals surface area contributed by atoms with Crippen molar-refractivity contribution in [3.8, 4) is 5.75 Å². The van der Waals surface area contributed by atoms with E-state index < -0.39 is 6.04 Å². The fourth-order valence-electron chi connectivity index (χ4n) is 6.39. The number of para-hydroxylation sites is 2. The van der Waals surface area contributed by atoms with Crippen molar-refractivity contribution in [2.24, 2.45) is 35.5 Å². The number of ether oxygens (including phenoxy) is 1. The first-order valence-electron chi connectivity index (χ1n) is 11.6. The smallest absolute Gasteiger partial charge is 0.248 e. The van der Waals surface area contributed by atoms with Crippen molar-refractivity contribution in [3.63, 3.8) is 0 Å². The quantitative estimate of drug-likeness (QED) is 0.550. The van der Waals surface area contributed by atoms with Gasteiger partial charge in [0, 0.05) is 6.42 Å². The molecule has 2 aromatic rings. The average Bonchev–Trinajstić information content (AvgIpc) is 3.62. The molecule has 2 bridgehead atoms. The van der Waals surface area contributed by atoms with Crippen LogP contribution in [0.5, 0.6) is 5.75 Å². The highest BCUT2D eigenvalue weighted by Gasteiger charge is 2.67. The van der Waals surface area contributed by atoms with Gasteiger partial charge < -0.3 is 10.1 Å². The van der Waals surface area contributed by atoms with E-state index in [-0.39, 0.29) is 47.8 Å². The molecule has 6 nitrogen and oxygen atoms in total. The highest BCUT2D eigenvalue weighted by atomic mass is 16.5. The molecule has 168 valence electrons. The lowest BCUT2D eigenvalue weighted by Gasteiger charge is -2.37. The summed E-state index contributed by atoms with van der Waals surface area (Å²) < 4.78 is 5.37. The minimum Gasteiger partial charge on any atom is -0.495 e. The summed E-state index contributed by atoms with van der Waals surface area (Å²) in [4.78, 5) is 42.2. The molecule has 1 aliphatic heterocycles. The molecule has 0 spiro atoms. The van der Waals surface area contributed by atoms with Gasteiger partial charge in [-0.15, -0.1) is 0 Å². The lowest BCUT2D eigenvalue weighted by molar-refractivity contribution is -0.146. The van der Waals surface area contributed by atoms with Crippen LogP contribution < -0.4 is 10.1 Å². The molecule has 6 heteroatoms. The minimum atomic E-state index is -0.918. The van der Waals surface area contributed by atoms with Gasteiger partial charge in [-0.2, -0.15) is 0 Å². The summed E-state index contributed by atoms with van der Waals surface area (Å²) in [5.41, 5.74) is 1.42. The summed E-state index contributed by atoms with van der Waals surface area (Å²) in [6.07, 6.45) is 5.68. The van der Waals surface area contributed by atoms with Crippen molar-refractivity contribution in [2.75, 3.05) is 12.4 Å². The lowest BCUT2D eigenvalue weighted by Crippen LogP contribution is -2.49. The van der Waals surface area contributed by atoms with Crippen molar-refractivity contribution >= 4 is 23.4 Å².